The Hall–Kier alpha value is -3.22. The van der Waals surface area contributed by atoms with Crippen LogP contribution in [0.3, 0.4) is 0 Å². The van der Waals surface area contributed by atoms with Gasteiger partial charge in [0.1, 0.15) is 22.2 Å². The van der Waals surface area contributed by atoms with E-state index in [1.165, 1.54) is 11.3 Å². The van der Waals surface area contributed by atoms with Crippen LogP contribution in [0.4, 0.5) is 0 Å². The number of pyridine rings is 1. The molecule has 4 aromatic rings. The number of aromatic nitrogens is 2. The maximum absolute atomic E-state index is 13.1. The maximum Gasteiger partial charge on any atom is 0.264 e. The van der Waals surface area contributed by atoms with E-state index >= 15 is 0 Å². The lowest BCUT2D eigenvalue weighted by Gasteiger charge is -2.19. The van der Waals surface area contributed by atoms with Crippen LogP contribution in [0.1, 0.15) is 37.5 Å². The highest BCUT2D eigenvalue weighted by Gasteiger charge is 2.21. The molecule has 0 fully saturated rings. The first-order valence-electron chi connectivity index (χ1n) is 9.70. The minimum Gasteiger partial charge on any atom is -0.486 e. The number of rotatable bonds is 7. The van der Waals surface area contributed by atoms with Gasteiger partial charge in [0.15, 0.2) is 0 Å². The molecule has 0 radical (unpaired) electrons. The summed E-state index contributed by atoms with van der Waals surface area (Å²) in [4.78, 5) is 22.4. The first-order chi connectivity index (χ1) is 15.1. The molecule has 0 bridgehead atoms. The van der Waals surface area contributed by atoms with E-state index in [1.807, 2.05) is 49.4 Å². The molecule has 0 aliphatic carbocycles. The van der Waals surface area contributed by atoms with E-state index in [4.69, 9.17) is 16.3 Å². The van der Waals surface area contributed by atoms with Crippen molar-refractivity contribution in [2.75, 3.05) is 0 Å². The molecule has 1 amide bonds. The van der Waals surface area contributed by atoms with Gasteiger partial charge in [-0.05, 0) is 48.4 Å². The summed E-state index contributed by atoms with van der Waals surface area (Å²) in [6, 6.07) is 20.5. The van der Waals surface area contributed by atoms with E-state index in [0.717, 1.165) is 16.1 Å². The second-order valence-corrected chi connectivity index (χ2v) is 8.39. The van der Waals surface area contributed by atoms with Crippen LogP contribution < -0.4 is 10.1 Å². The van der Waals surface area contributed by atoms with Crippen LogP contribution >= 0.6 is 22.9 Å². The van der Waals surface area contributed by atoms with E-state index in [9.17, 15) is 4.79 Å². The third-order valence-electron chi connectivity index (χ3n) is 4.65. The third kappa shape index (κ3) is 5.29. The van der Waals surface area contributed by atoms with Crippen molar-refractivity contribution >= 4 is 28.8 Å². The molecular formula is C24H20ClN3O2S. The Bertz CT molecular complexity index is 1110. The molecule has 1 N–H and O–H groups in total. The van der Waals surface area contributed by atoms with Gasteiger partial charge >= 0.3 is 0 Å². The summed E-state index contributed by atoms with van der Waals surface area (Å²) in [5.74, 6) is 0.523. The lowest BCUT2D eigenvalue weighted by atomic mass is 10.00. The topological polar surface area (TPSA) is 64.1 Å². The van der Waals surface area contributed by atoms with E-state index in [2.05, 4.69) is 15.3 Å². The molecule has 0 spiro atoms. The van der Waals surface area contributed by atoms with Crippen LogP contribution in [0.25, 0.3) is 0 Å². The molecule has 31 heavy (non-hydrogen) atoms. The first kappa shape index (κ1) is 21.0. The predicted molar refractivity (Wildman–Crippen MR) is 123 cm³/mol. The Morgan fingerprint density at radius 1 is 1.06 bits per heavy atom. The van der Waals surface area contributed by atoms with Crippen molar-refractivity contribution in [2.24, 2.45) is 0 Å². The van der Waals surface area contributed by atoms with Gasteiger partial charge < -0.3 is 10.1 Å². The standard InChI is InChI=1S/C24H20ClN3O2S/c1-16-23(31-21(27-16)15-30-20-11-9-19(25)10-12-20)24(29)28-22(17-6-3-2-4-7-17)18-8-5-13-26-14-18/h2-14,22H,15H2,1H3,(H,28,29). The Morgan fingerprint density at radius 3 is 2.52 bits per heavy atom. The third-order valence-corrected chi connectivity index (χ3v) is 6.03. The molecule has 0 saturated carbocycles. The van der Waals surface area contributed by atoms with E-state index in [-0.39, 0.29) is 18.6 Å². The maximum atomic E-state index is 13.1. The fourth-order valence-corrected chi connectivity index (χ4v) is 4.16. The molecule has 156 valence electrons. The highest BCUT2D eigenvalue weighted by molar-refractivity contribution is 7.13. The van der Waals surface area contributed by atoms with Crippen LogP contribution in [-0.4, -0.2) is 15.9 Å². The van der Waals surface area contributed by atoms with Crippen LogP contribution in [0, 0.1) is 6.92 Å². The molecule has 4 rings (SSSR count). The summed E-state index contributed by atoms with van der Waals surface area (Å²) in [6.45, 7) is 2.12. The highest BCUT2D eigenvalue weighted by Crippen LogP contribution is 2.25. The average molecular weight is 450 g/mol. The number of aryl methyl sites for hydroxylation is 1. The number of nitrogens with one attached hydrogen (secondary N) is 1. The van der Waals surface area contributed by atoms with Crippen molar-refractivity contribution in [1.82, 2.24) is 15.3 Å². The normalized spacial score (nSPS) is 11.7. The van der Waals surface area contributed by atoms with Crippen LogP contribution in [-0.2, 0) is 6.61 Å². The smallest absolute Gasteiger partial charge is 0.264 e. The fraction of sp³-hybridized carbons (Fsp3) is 0.125. The lowest BCUT2D eigenvalue weighted by Crippen LogP contribution is -2.29. The van der Waals surface area contributed by atoms with Crippen molar-refractivity contribution in [2.45, 2.75) is 19.6 Å². The Kier molecular flexibility index (Phi) is 6.60. The Morgan fingerprint density at radius 2 is 1.81 bits per heavy atom. The molecule has 0 aliphatic heterocycles. The Balaban J connectivity index is 1.51. The summed E-state index contributed by atoms with van der Waals surface area (Å²) < 4.78 is 5.76. The zero-order chi connectivity index (χ0) is 21.6. The largest absolute Gasteiger partial charge is 0.486 e. The Labute approximate surface area is 189 Å². The predicted octanol–water partition coefficient (Wildman–Crippen LogP) is 5.60. The van der Waals surface area contributed by atoms with Crippen molar-refractivity contribution in [1.29, 1.82) is 0 Å². The summed E-state index contributed by atoms with van der Waals surface area (Å²) in [6.07, 6.45) is 3.48. The van der Waals surface area contributed by atoms with E-state index in [1.54, 1.807) is 36.7 Å². The summed E-state index contributed by atoms with van der Waals surface area (Å²) in [5, 5.41) is 4.52. The van der Waals surface area contributed by atoms with E-state index < -0.39 is 0 Å². The van der Waals surface area contributed by atoms with Gasteiger partial charge in [0.25, 0.3) is 5.91 Å². The molecule has 1 unspecified atom stereocenters. The van der Waals surface area contributed by atoms with E-state index in [0.29, 0.717) is 21.3 Å². The van der Waals surface area contributed by atoms with Gasteiger partial charge in [0, 0.05) is 17.4 Å². The number of halogens is 1. The molecule has 2 heterocycles. The molecule has 5 nitrogen and oxygen atoms in total. The number of thiazole rings is 1. The quantitative estimate of drug-likeness (QED) is 0.399. The SMILES string of the molecule is Cc1nc(COc2ccc(Cl)cc2)sc1C(=O)NC(c1ccccc1)c1cccnc1. The van der Waals surface area contributed by atoms with Crippen LogP contribution in [0.2, 0.25) is 5.02 Å². The summed E-state index contributed by atoms with van der Waals surface area (Å²) in [5.41, 5.74) is 2.57. The van der Waals surface area contributed by atoms with Gasteiger partial charge in [0.2, 0.25) is 0 Å². The zero-order valence-electron chi connectivity index (χ0n) is 16.8. The number of nitrogens with zero attached hydrogens (tertiary/aromatic N) is 2. The first-order valence-corrected chi connectivity index (χ1v) is 10.9. The van der Waals surface area contributed by atoms with Gasteiger partial charge in [-0.15, -0.1) is 11.3 Å². The average Bonchev–Trinajstić information content (AvgIpc) is 3.19. The number of amides is 1. The molecule has 7 heteroatoms. The van der Waals surface area contributed by atoms with Crippen LogP contribution in [0.5, 0.6) is 5.75 Å². The fourth-order valence-electron chi connectivity index (χ4n) is 3.15. The number of hydrogen-bond donors (Lipinski definition) is 1. The van der Waals surface area contributed by atoms with Gasteiger partial charge in [-0.2, -0.15) is 0 Å². The second kappa shape index (κ2) is 9.73. The lowest BCUT2D eigenvalue weighted by molar-refractivity contribution is 0.0946. The van der Waals surface area contributed by atoms with Gasteiger partial charge in [-0.3, -0.25) is 9.78 Å². The molecule has 2 aromatic heterocycles. The minimum atomic E-state index is -0.308. The van der Waals surface area contributed by atoms with Crippen molar-refractivity contribution in [3.63, 3.8) is 0 Å². The van der Waals surface area contributed by atoms with Gasteiger partial charge in [-0.1, -0.05) is 48.0 Å². The van der Waals surface area contributed by atoms with Crippen molar-refractivity contribution < 1.29 is 9.53 Å². The number of hydrogen-bond acceptors (Lipinski definition) is 5. The molecule has 1 atom stereocenters. The van der Waals surface area contributed by atoms with Gasteiger partial charge in [-0.25, -0.2) is 4.98 Å². The number of carbonyl (C=O) groups is 1. The van der Waals surface area contributed by atoms with Crippen molar-refractivity contribution in [3.05, 3.63) is 111 Å². The summed E-state index contributed by atoms with van der Waals surface area (Å²) >= 11 is 7.24. The number of ether oxygens (including phenoxy) is 1. The monoisotopic (exact) mass is 449 g/mol. The molecule has 0 saturated heterocycles. The zero-order valence-corrected chi connectivity index (χ0v) is 18.4. The van der Waals surface area contributed by atoms with Crippen molar-refractivity contribution in [3.8, 4) is 5.75 Å². The summed E-state index contributed by atoms with van der Waals surface area (Å²) in [7, 11) is 0. The number of carbonyl (C=O) groups excluding carboxylic acids is 1. The molecular weight excluding hydrogens is 430 g/mol. The molecule has 2 aromatic carbocycles. The highest BCUT2D eigenvalue weighted by atomic mass is 35.5. The van der Waals surface area contributed by atoms with Gasteiger partial charge in [0.05, 0.1) is 11.7 Å². The molecule has 0 aliphatic rings. The van der Waals surface area contributed by atoms with Crippen LogP contribution in [0.15, 0.2) is 79.1 Å². The minimum absolute atomic E-state index is 0.176. The number of benzene rings is 2. The second-order valence-electron chi connectivity index (χ2n) is 6.87.